The van der Waals surface area contributed by atoms with Gasteiger partial charge in [0.1, 0.15) is 0 Å². The van der Waals surface area contributed by atoms with Crippen molar-refractivity contribution in [1.82, 2.24) is 0 Å². The van der Waals surface area contributed by atoms with Crippen LogP contribution >= 0.6 is 0 Å². The predicted molar refractivity (Wildman–Crippen MR) is 76.1 cm³/mol. The molecule has 0 atom stereocenters. The van der Waals surface area contributed by atoms with Crippen molar-refractivity contribution in [3.63, 3.8) is 0 Å². The van der Waals surface area contributed by atoms with Crippen LogP contribution in [0, 0.1) is 5.92 Å². The average molecular weight is 273 g/mol. The summed E-state index contributed by atoms with van der Waals surface area (Å²) in [5.41, 5.74) is 1.40. The van der Waals surface area contributed by atoms with Crippen molar-refractivity contribution in [2.24, 2.45) is 10.9 Å². The van der Waals surface area contributed by atoms with E-state index in [1.165, 1.54) is 31.4 Å². The lowest BCUT2D eigenvalue weighted by Crippen LogP contribution is -2.42. The van der Waals surface area contributed by atoms with Crippen LogP contribution in [0.1, 0.15) is 39.0 Å². The largest absolute Gasteiger partial charge is 0.500 e. The number of hydrogen-bond acceptors (Lipinski definition) is 4. The monoisotopic (exact) mass is 273 g/mol. The Hall–Kier alpha value is -0.233. The maximum Gasteiger partial charge on any atom is 0.500 e. The first-order valence-electron chi connectivity index (χ1n) is 6.83. The highest BCUT2D eigenvalue weighted by atomic mass is 28.4. The van der Waals surface area contributed by atoms with Crippen LogP contribution in [0.3, 0.4) is 0 Å². The molecule has 0 aliphatic heterocycles. The highest BCUT2D eigenvalue weighted by molar-refractivity contribution is 6.60. The van der Waals surface area contributed by atoms with Crippen molar-refractivity contribution in [3.8, 4) is 0 Å². The molecule has 18 heavy (non-hydrogen) atoms. The van der Waals surface area contributed by atoms with E-state index in [1.54, 1.807) is 21.3 Å². The SMILES string of the molecule is CO[Si](CCCN=C1CCC(C)CC1)(OC)OC. The van der Waals surface area contributed by atoms with Crippen molar-refractivity contribution in [2.45, 2.75) is 45.1 Å². The number of aliphatic imine (C=N–C) groups is 1. The summed E-state index contributed by atoms with van der Waals surface area (Å²) in [5.74, 6) is 0.875. The zero-order valence-electron chi connectivity index (χ0n) is 12.2. The van der Waals surface area contributed by atoms with E-state index in [0.717, 1.165) is 24.9 Å². The van der Waals surface area contributed by atoms with Crippen molar-refractivity contribution >= 4 is 14.5 Å². The van der Waals surface area contributed by atoms with Gasteiger partial charge in [-0.15, -0.1) is 0 Å². The van der Waals surface area contributed by atoms with Gasteiger partial charge in [-0.1, -0.05) is 6.92 Å². The third-order valence-corrected chi connectivity index (χ3v) is 6.59. The highest BCUT2D eigenvalue weighted by Gasteiger charge is 2.36. The molecule has 1 rings (SSSR count). The normalized spacial score (nSPS) is 21.1. The van der Waals surface area contributed by atoms with Crippen molar-refractivity contribution in [2.75, 3.05) is 27.9 Å². The van der Waals surface area contributed by atoms with Gasteiger partial charge in [0.2, 0.25) is 0 Å². The second-order valence-electron chi connectivity index (χ2n) is 5.03. The van der Waals surface area contributed by atoms with E-state index < -0.39 is 8.80 Å². The quantitative estimate of drug-likeness (QED) is 0.529. The maximum atomic E-state index is 5.39. The summed E-state index contributed by atoms with van der Waals surface area (Å²) in [7, 11) is 2.60. The Balaban J connectivity index is 2.27. The Labute approximate surface area is 112 Å². The molecule has 0 spiro atoms. The molecule has 1 aliphatic rings. The predicted octanol–water partition coefficient (Wildman–Crippen LogP) is 2.91. The van der Waals surface area contributed by atoms with E-state index in [4.69, 9.17) is 18.3 Å². The van der Waals surface area contributed by atoms with Gasteiger partial charge in [-0.05, 0) is 38.0 Å². The first-order chi connectivity index (χ1) is 8.65. The average Bonchev–Trinajstić information content (AvgIpc) is 2.42. The molecule has 0 amide bonds. The Morgan fingerprint density at radius 3 is 2.17 bits per heavy atom. The molecule has 1 saturated carbocycles. The van der Waals surface area contributed by atoms with Gasteiger partial charge in [0.25, 0.3) is 0 Å². The van der Waals surface area contributed by atoms with Crippen molar-refractivity contribution < 1.29 is 13.3 Å². The molecule has 1 aliphatic carbocycles. The van der Waals surface area contributed by atoms with Crippen LogP contribution in [0.2, 0.25) is 6.04 Å². The van der Waals surface area contributed by atoms with Gasteiger partial charge in [0.05, 0.1) is 0 Å². The molecular weight excluding hydrogens is 246 g/mol. The lowest BCUT2D eigenvalue weighted by atomic mass is 9.89. The second-order valence-corrected chi connectivity index (χ2v) is 8.12. The standard InChI is InChI=1S/C13H27NO3Si/c1-12-6-8-13(9-7-12)14-10-5-11-18(15-2,16-3)17-4/h12H,5-11H2,1-4H3. The van der Waals surface area contributed by atoms with Gasteiger partial charge in [-0.2, -0.15) is 0 Å². The zero-order valence-corrected chi connectivity index (χ0v) is 13.2. The maximum absolute atomic E-state index is 5.39. The van der Waals surface area contributed by atoms with Gasteiger partial charge in [-0.3, -0.25) is 4.99 Å². The Morgan fingerprint density at radius 1 is 1.11 bits per heavy atom. The molecule has 5 heteroatoms. The van der Waals surface area contributed by atoms with E-state index >= 15 is 0 Å². The fraction of sp³-hybridized carbons (Fsp3) is 0.923. The molecule has 0 bridgehead atoms. The minimum Gasteiger partial charge on any atom is -0.377 e. The van der Waals surface area contributed by atoms with Crippen LogP contribution in [-0.4, -0.2) is 42.4 Å². The molecule has 0 saturated heterocycles. The van der Waals surface area contributed by atoms with Crippen molar-refractivity contribution in [3.05, 3.63) is 0 Å². The molecule has 0 N–H and O–H groups in total. The van der Waals surface area contributed by atoms with E-state index in [9.17, 15) is 0 Å². The summed E-state index contributed by atoms with van der Waals surface area (Å²) in [6.45, 7) is 3.20. The molecular formula is C13H27NO3Si. The van der Waals surface area contributed by atoms with Gasteiger partial charge in [-0.25, -0.2) is 0 Å². The minimum absolute atomic E-state index is 0.837. The third kappa shape index (κ3) is 4.80. The molecule has 4 nitrogen and oxygen atoms in total. The third-order valence-electron chi connectivity index (χ3n) is 3.76. The molecule has 0 aromatic rings. The van der Waals surface area contributed by atoms with Gasteiger partial charge in [0, 0.05) is 39.6 Å². The first-order valence-corrected chi connectivity index (χ1v) is 8.76. The van der Waals surface area contributed by atoms with Crippen LogP contribution in [0.15, 0.2) is 4.99 Å². The molecule has 106 valence electrons. The molecule has 1 fully saturated rings. The zero-order chi connectivity index (χ0) is 13.4. The van der Waals surface area contributed by atoms with Crippen LogP contribution in [0.5, 0.6) is 0 Å². The topological polar surface area (TPSA) is 40.0 Å². The summed E-state index contributed by atoms with van der Waals surface area (Å²) in [4.78, 5) is 4.70. The lowest BCUT2D eigenvalue weighted by molar-refractivity contribution is 0.123. The molecule has 0 radical (unpaired) electrons. The van der Waals surface area contributed by atoms with Crippen LogP contribution < -0.4 is 0 Å². The first kappa shape index (κ1) is 15.8. The van der Waals surface area contributed by atoms with Crippen molar-refractivity contribution in [1.29, 1.82) is 0 Å². The summed E-state index contributed by atoms with van der Waals surface area (Å²) < 4.78 is 16.2. The van der Waals surface area contributed by atoms with Gasteiger partial charge >= 0.3 is 8.80 Å². The summed E-state index contributed by atoms with van der Waals surface area (Å²) >= 11 is 0. The van der Waals surface area contributed by atoms with Gasteiger partial charge < -0.3 is 13.3 Å². The number of nitrogens with zero attached hydrogens (tertiary/aromatic N) is 1. The number of hydrogen-bond donors (Lipinski definition) is 0. The van der Waals surface area contributed by atoms with E-state index in [1.807, 2.05) is 0 Å². The Kier molecular flexibility index (Phi) is 7.07. The van der Waals surface area contributed by atoms with Gasteiger partial charge in [0.15, 0.2) is 0 Å². The fourth-order valence-electron chi connectivity index (χ4n) is 2.34. The summed E-state index contributed by atoms with van der Waals surface area (Å²) in [5, 5.41) is 0. The molecule has 0 aromatic heterocycles. The van der Waals surface area contributed by atoms with E-state index in [2.05, 4.69) is 6.92 Å². The van der Waals surface area contributed by atoms with Crippen LogP contribution in [0.25, 0.3) is 0 Å². The van der Waals surface area contributed by atoms with E-state index in [0.29, 0.717) is 0 Å². The smallest absolute Gasteiger partial charge is 0.377 e. The summed E-state index contributed by atoms with van der Waals surface area (Å²) in [6.07, 6.45) is 5.93. The lowest BCUT2D eigenvalue weighted by Gasteiger charge is -2.24. The molecule has 0 aromatic carbocycles. The Bertz CT molecular complexity index is 249. The van der Waals surface area contributed by atoms with E-state index in [-0.39, 0.29) is 0 Å². The number of rotatable bonds is 7. The second kappa shape index (κ2) is 8.04. The van der Waals surface area contributed by atoms with Crippen LogP contribution in [0.4, 0.5) is 0 Å². The minimum atomic E-state index is -2.38. The molecule has 0 unspecified atom stereocenters. The molecule has 0 heterocycles. The highest BCUT2D eigenvalue weighted by Crippen LogP contribution is 2.21. The summed E-state index contributed by atoms with van der Waals surface area (Å²) in [6, 6.07) is 0.837. The Morgan fingerprint density at radius 2 is 1.67 bits per heavy atom. The van der Waals surface area contributed by atoms with Crippen LogP contribution in [-0.2, 0) is 13.3 Å². The fourth-order valence-corrected chi connectivity index (χ4v) is 4.05.